The van der Waals surface area contributed by atoms with E-state index in [0.717, 1.165) is 6.42 Å². The van der Waals surface area contributed by atoms with Crippen molar-refractivity contribution in [1.82, 2.24) is 0 Å². The Kier molecular flexibility index (Phi) is 2.55. The quantitative estimate of drug-likeness (QED) is 0.647. The molecular weight excluding hydrogens is 140 g/mol. The van der Waals surface area contributed by atoms with E-state index in [1.165, 1.54) is 12.8 Å². The maximum Gasteiger partial charge on any atom is 0.0875 e. The topological polar surface area (TPSA) is 40.5 Å². The van der Waals surface area contributed by atoms with Gasteiger partial charge in [-0.2, -0.15) is 0 Å². The second-order valence-electron chi connectivity index (χ2n) is 3.91. The van der Waals surface area contributed by atoms with Gasteiger partial charge in [0.25, 0.3) is 0 Å². The molecule has 1 aliphatic carbocycles. The second kappa shape index (κ2) is 3.11. The summed E-state index contributed by atoms with van der Waals surface area (Å²) >= 11 is 0. The highest BCUT2D eigenvalue weighted by atomic mass is 16.3. The van der Waals surface area contributed by atoms with Crippen molar-refractivity contribution in [2.45, 2.75) is 51.2 Å². The molecule has 11 heavy (non-hydrogen) atoms. The third-order valence-electron chi connectivity index (χ3n) is 2.69. The van der Waals surface area contributed by atoms with Crippen LogP contribution in [0.1, 0.15) is 39.5 Å². The van der Waals surface area contributed by atoms with Crippen LogP contribution < -0.4 is 0 Å². The lowest BCUT2D eigenvalue weighted by molar-refractivity contribution is -0.0691. The monoisotopic (exact) mass is 158 g/mol. The summed E-state index contributed by atoms with van der Waals surface area (Å²) in [7, 11) is 0. The lowest BCUT2D eigenvalue weighted by Gasteiger charge is -2.27. The molecule has 1 rings (SSSR count). The molecule has 1 fully saturated rings. The summed E-state index contributed by atoms with van der Waals surface area (Å²) in [5, 5.41) is 19.2. The molecule has 0 spiro atoms. The van der Waals surface area contributed by atoms with Gasteiger partial charge in [0.1, 0.15) is 0 Å². The largest absolute Gasteiger partial charge is 0.390 e. The molecule has 0 bridgehead atoms. The van der Waals surface area contributed by atoms with Crippen molar-refractivity contribution in [3.63, 3.8) is 0 Å². The van der Waals surface area contributed by atoms with Crippen LogP contribution in [0, 0.1) is 5.92 Å². The Labute approximate surface area is 68.2 Å². The van der Waals surface area contributed by atoms with Crippen LogP contribution in [-0.2, 0) is 0 Å². The van der Waals surface area contributed by atoms with Crippen LogP contribution in [-0.4, -0.2) is 21.9 Å². The molecule has 66 valence electrons. The Morgan fingerprint density at radius 2 is 2.09 bits per heavy atom. The first kappa shape index (κ1) is 9.01. The van der Waals surface area contributed by atoms with E-state index in [9.17, 15) is 10.2 Å². The standard InChI is InChI=1S/C9H18O2/c1-3-9(2,11)8(10)6-7-4-5-7/h7-8,10-11H,3-6H2,1-2H3. The van der Waals surface area contributed by atoms with Crippen molar-refractivity contribution < 1.29 is 10.2 Å². The average Bonchev–Trinajstić information content (AvgIpc) is 2.72. The lowest BCUT2D eigenvalue weighted by atomic mass is 9.92. The third kappa shape index (κ3) is 2.46. The Morgan fingerprint density at radius 3 is 2.45 bits per heavy atom. The summed E-state index contributed by atoms with van der Waals surface area (Å²) < 4.78 is 0. The van der Waals surface area contributed by atoms with Crippen LogP contribution in [0.4, 0.5) is 0 Å². The Balaban J connectivity index is 2.31. The highest BCUT2D eigenvalue weighted by molar-refractivity contribution is 4.86. The normalized spacial score (nSPS) is 26.2. The molecule has 0 radical (unpaired) electrons. The molecule has 2 heteroatoms. The van der Waals surface area contributed by atoms with E-state index in [0.29, 0.717) is 12.3 Å². The lowest BCUT2D eigenvalue weighted by Crippen LogP contribution is -2.38. The van der Waals surface area contributed by atoms with Crippen LogP contribution in [0.3, 0.4) is 0 Å². The SMILES string of the molecule is CCC(C)(O)C(O)CC1CC1. The molecule has 2 nitrogen and oxygen atoms in total. The van der Waals surface area contributed by atoms with Gasteiger partial charge in [0, 0.05) is 0 Å². The van der Waals surface area contributed by atoms with Gasteiger partial charge in [-0.3, -0.25) is 0 Å². The highest BCUT2D eigenvalue weighted by Crippen LogP contribution is 2.36. The molecule has 1 saturated carbocycles. The van der Waals surface area contributed by atoms with Crippen LogP contribution in [0.2, 0.25) is 0 Å². The van der Waals surface area contributed by atoms with Gasteiger partial charge in [-0.1, -0.05) is 19.8 Å². The number of rotatable bonds is 4. The maximum atomic E-state index is 9.62. The summed E-state index contributed by atoms with van der Waals surface area (Å²) in [6, 6.07) is 0. The van der Waals surface area contributed by atoms with Crippen molar-refractivity contribution in [3.8, 4) is 0 Å². The van der Waals surface area contributed by atoms with Crippen molar-refractivity contribution >= 4 is 0 Å². The van der Waals surface area contributed by atoms with Gasteiger partial charge in [-0.25, -0.2) is 0 Å². The molecule has 0 amide bonds. The first-order chi connectivity index (χ1) is 5.06. The van der Waals surface area contributed by atoms with Gasteiger partial charge in [0.2, 0.25) is 0 Å². The van der Waals surface area contributed by atoms with Crippen molar-refractivity contribution in [2.75, 3.05) is 0 Å². The zero-order chi connectivity index (χ0) is 8.48. The number of hydrogen-bond donors (Lipinski definition) is 2. The molecule has 2 N–H and O–H groups in total. The first-order valence-electron chi connectivity index (χ1n) is 4.46. The van der Waals surface area contributed by atoms with Gasteiger partial charge in [0.05, 0.1) is 11.7 Å². The van der Waals surface area contributed by atoms with Crippen LogP contribution >= 0.6 is 0 Å². The minimum absolute atomic E-state index is 0.528. The number of hydrogen-bond acceptors (Lipinski definition) is 2. The fraction of sp³-hybridized carbons (Fsp3) is 1.00. The van der Waals surface area contributed by atoms with Crippen molar-refractivity contribution in [2.24, 2.45) is 5.92 Å². The van der Waals surface area contributed by atoms with E-state index in [1.54, 1.807) is 6.92 Å². The Bertz CT molecular complexity index is 128. The zero-order valence-corrected chi connectivity index (χ0v) is 7.38. The molecule has 0 saturated heterocycles. The molecule has 0 heterocycles. The van der Waals surface area contributed by atoms with Crippen molar-refractivity contribution in [3.05, 3.63) is 0 Å². The van der Waals surface area contributed by atoms with Gasteiger partial charge >= 0.3 is 0 Å². The number of aliphatic hydroxyl groups is 2. The predicted molar refractivity (Wildman–Crippen MR) is 44.3 cm³/mol. The van der Waals surface area contributed by atoms with Crippen LogP contribution in [0.25, 0.3) is 0 Å². The van der Waals surface area contributed by atoms with E-state index in [4.69, 9.17) is 0 Å². The second-order valence-corrected chi connectivity index (χ2v) is 3.91. The van der Waals surface area contributed by atoms with Gasteiger partial charge in [0.15, 0.2) is 0 Å². The van der Waals surface area contributed by atoms with E-state index >= 15 is 0 Å². The minimum Gasteiger partial charge on any atom is -0.390 e. The Hall–Kier alpha value is -0.0800. The van der Waals surface area contributed by atoms with E-state index in [1.807, 2.05) is 6.92 Å². The van der Waals surface area contributed by atoms with E-state index in [-0.39, 0.29) is 0 Å². The molecule has 1 aliphatic rings. The summed E-state index contributed by atoms with van der Waals surface area (Å²) in [6.45, 7) is 3.61. The van der Waals surface area contributed by atoms with Gasteiger partial charge in [-0.15, -0.1) is 0 Å². The molecule has 0 aromatic rings. The first-order valence-corrected chi connectivity index (χ1v) is 4.46. The predicted octanol–water partition coefficient (Wildman–Crippen LogP) is 1.31. The molecule has 2 unspecified atom stereocenters. The smallest absolute Gasteiger partial charge is 0.0875 e. The van der Waals surface area contributed by atoms with Gasteiger partial charge < -0.3 is 10.2 Å². The summed E-state index contributed by atoms with van der Waals surface area (Å²) in [5.74, 6) is 0.683. The molecule has 0 aromatic carbocycles. The number of aliphatic hydroxyl groups excluding tert-OH is 1. The highest BCUT2D eigenvalue weighted by Gasteiger charge is 2.33. The Morgan fingerprint density at radius 1 is 1.55 bits per heavy atom. The fourth-order valence-corrected chi connectivity index (χ4v) is 1.16. The summed E-state index contributed by atoms with van der Waals surface area (Å²) in [4.78, 5) is 0. The minimum atomic E-state index is -0.872. The summed E-state index contributed by atoms with van der Waals surface area (Å²) in [6.07, 6.45) is 3.34. The van der Waals surface area contributed by atoms with Crippen LogP contribution in [0.15, 0.2) is 0 Å². The zero-order valence-electron chi connectivity index (χ0n) is 7.38. The summed E-state index contributed by atoms with van der Waals surface area (Å²) in [5.41, 5.74) is -0.872. The molecule has 2 atom stereocenters. The molecule has 0 aliphatic heterocycles. The van der Waals surface area contributed by atoms with E-state index in [2.05, 4.69) is 0 Å². The van der Waals surface area contributed by atoms with Crippen molar-refractivity contribution in [1.29, 1.82) is 0 Å². The molecule has 0 aromatic heterocycles. The maximum absolute atomic E-state index is 9.62. The molecular formula is C9H18O2. The van der Waals surface area contributed by atoms with Crippen LogP contribution in [0.5, 0.6) is 0 Å². The van der Waals surface area contributed by atoms with Gasteiger partial charge in [-0.05, 0) is 25.7 Å². The average molecular weight is 158 g/mol. The third-order valence-corrected chi connectivity index (χ3v) is 2.69. The van der Waals surface area contributed by atoms with E-state index < -0.39 is 11.7 Å². The fourth-order valence-electron chi connectivity index (χ4n) is 1.16.